The van der Waals surface area contributed by atoms with Crippen molar-refractivity contribution in [2.45, 2.75) is 24.9 Å². The summed E-state index contributed by atoms with van der Waals surface area (Å²) >= 11 is 11.6. The van der Waals surface area contributed by atoms with Gasteiger partial charge in [0, 0.05) is 0 Å². The van der Waals surface area contributed by atoms with E-state index < -0.39 is 35.9 Å². The van der Waals surface area contributed by atoms with Crippen LogP contribution in [0.1, 0.15) is 18.5 Å². The quantitative estimate of drug-likeness (QED) is 0.680. The Hall–Kier alpha value is -1.71. The van der Waals surface area contributed by atoms with Gasteiger partial charge in [0.25, 0.3) is 5.72 Å². The number of aliphatic hydroxyl groups is 1. The summed E-state index contributed by atoms with van der Waals surface area (Å²) in [5.74, 6) is -3.55. The van der Waals surface area contributed by atoms with Crippen molar-refractivity contribution in [2.24, 2.45) is 5.92 Å². The Morgan fingerprint density at radius 2 is 2.00 bits per heavy atom. The number of benzene rings is 1. The van der Waals surface area contributed by atoms with E-state index in [0.29, 0.717) is 0 Å². The Morgan fingerprint density at radius 1 is 1.36 bits per heavy atom. The van der Waals surface area contributed by atoms with E-state index in [1.54, 1.807) is 0 Å². The third-order valence-corrected chi connectivity index (χ3v) is 4.39. The summed E-state index contributed by atoms with van der Waals surface area (Å²) in [5, 5.41) is 13.8. The predicted molar refractivity (Wildman–Crippen MR) is 82.0 cm³/mol. The van der Waals surface area contributed by atoms with Gasteiger partial charge in [-0.05, 0) is 24.6 Å². The van der Waals surface area contributed by atoms with Gasteiger partial charge in [-0.2, -0.15) is 13.2 Å². The Bertz CT molecular complexity index is 701. The molecule has 3 atom stereocenters. The van der Waals surface area contributed by atoms with Crippen LogP contribution in [0.25, 0.3) is 0 Å². The normalized spacial score (nSPS) is 26.6. The van der Waals surface area contributed by atoms with Gasteiger partial charge in [-0.1, -0.05) is 29.3 Å². The van der Waals surface area contributed by atoms with Crippen LogP contribution in [0, 0.1) is 5.92 Å². The molecule has 25 heavy (non-hydrogen) atoms. The van der Waals surface area contributed by atoms with E-state index in [2.05, 4.69) is 10.1 Å². The molecule has 1 aromatic carbocycles. The molecule has 3 N–H and O–H groups in total. The summed E-state index contributed by atoms with van der Waals surface area (Å²) in [6, 6.07) is 0.921. The maximum Gasteiger partial charge on any atom is 0.437 e. The Labute approximate surface area is 150 Å². The molecule has 6 nitrogen and oxygen atoms in total. The molecule has 3 unspecified atom stereocenters. The molecule has 0 spiro atoms. The van der Waals surface area contributed by atoms with Gasteiger partial charge in [0.1, 0.15) is 5.92 Å². The van der Waals surface area contributed by atoms with E-state index in [-0.39, 0.29) is 22.2 Å². The SMILES string of the molecule is CCOC(=O)C1C(c2ccc(Cl)c(Cl)c2)NC(=O)NC1(O)C(F)(F)F. The molecule has 2 amide bonds. The van der Waals surface area contributed by atoms with Crippen molar-refractivity contribution in [2.75, 3.05) is 6.61 Å². The van der Waals surface area contributed by atoms with Gasteiger partial charge in [-0.25, -0.2) is 4.79 Å². The zero-order chi connectivity index (χ0) is 19.0. The number of nitrogens with one attached hydrogen (secondary N) is 2. The van der Waals surface area contributed by atoms with Crippen molar-refractivity contribution in [1.29, 1.82) is 0 Å². The number of esters is 1. The Morgan fingerprint density at radius 3 is 2.52 bits per heavy atom. The van der Waals surface area contributed by atoms with Crippen LogP contribution in [-0.2, 0) is 9.53 Å². The zero-order valence-corrected chi connectivity index (χ0v) is 14.2. The molecule has 1 aromatic rings. The largest absolute Gasteiger partial charge is 0.466 e. The lowest BCUT2D eigenvalue weighted by Crippen LogP contribution is -2.73. The number of alkyl halides is 3. The van der Waals surface area contributed by atoms with Crippen LogP contribution in [0.3, 0.4) is 0 Å². The maximum atomic E-state index is 13.4. The number of rotatable bonds is 3. The van der Waals surface area contributed by atoms with Crippen molar-refractivity contribution in [1.82, 2.24) is 10.6 Å². The van der Waals surface area contributed by atoms with Crippen LogP contribution in [0.15, 0.2) is 18.2 Å². The summed E-state index contributed by atoms with van der Waals surface area (Å²) < 4.78 is 45.0. The third kappa shape index (κ3) is 3.63. The van der Waals surface area contributed by atoms with Crippen LogP contribution in [0.5, 0.6) is 0 Å². The highest BCUT2D eigenvalue weighted by Crippen LogP contribution is 2.43. The molecule has 0 saturated carbocycles. The molecule has 0 aromatic heterocycles. The summed E-state index contributed by atoms with van der Waals surface area (Å²) in [5.41, 5.74) is -3.77. The summed E-state index contributed by atoms with van der Waals surface area (Å²) in [6.45, 7) is 1.18. The Kier molecular flexibility index (Phi) is 5.41. The van der Waals surface area contributed by atoms with E-state index in [9.17, 15) is 27.9 Å². The third-order valence-electron chi connectivity index (χ3n) is 3.65. The second kappa shape index (κ2) is 6.89. The predicted octanol–water partition coefficient (Wildman–Crippen LogP) is 2.78. The Balaban J connectivity index is 2.59. The average molecular weight is 401 g/mol. The molecule has 1 aliphatic rings. The van der Waals surface area contributed by atoms with Crippen molar-refractivity contribution < 1.29 is 32.6 Å². The van der Waals surface area contributed by atoms with Crippen LogP contribution >= 0.6 is 23.2 Å². The monoisotopic (exact) mass is 400 g/mol. The highest BCUT2D eigenvalue weighted by molar-refractivity contribution is 6.42. The summed E-state index contributed by atoms with van der Waals surface area (Å²) in [7, 11) is 0. The second-order valence-corrected chi connectivity index (χ2v) is 6.06. The van der Waals surface area contributed by atoms with Gasteiger partial charge in [-0.15, -0.1) is 0 Å². The number of carbonyl (C=O) groups excluding carboxylic acids is 2. The van der Waals surface area contributed by atoms with Crippen molar-refractivity contribution >= 4 is 35.2 Å². The summed E-state index contributed by atoms with van der Waals surface area (Å²) in [6.07, 6.45) is -5.34. The van der Waals surface area contributed by atoms with Gasteiger partial charge >= 0.3 is 18.2 Å². The molecule has 1 heterocycles. The minimum Gasteiger partial charge on any atom is -0.466 e. The topological polar surface area (TPSA) is 87.7 Å². The standard InChI is InChI=1S/C14H13Cl2F3N2O4/c1-2-25-11(22)9-10(6-3-4-7(15)8(16)5-6)20-12(23)21-13(9,24)14(17,18)19/h3-5,9-10,24H,2H2,1H3,(H2,20,21,23). The molecule has 2 rings (SSSR count). The van der Waals surface area contributed by atoms with Gasteiger partial charge in [0.2, 0.25) is 0 Å². The number of ether oxygens (including phenoxy) is 1. The average Bonchev–Trinajstić information content (AvgIpc) is 2.48. The first-order valence-corrected chi connectivity index (χ1v) is 7.76. The molecule has 0 aliphatic carbocycles. The molecular formula is C14H13Cl2F3N2O4. The number of carbonyl (C=O) groups is 2. The van der Waals surface area contributed by atoms with Gasteiger partial charge in [0.05, 0.1) is 22.7 Å². The van der Waals surface area contributed by atoms with E-state index in [0.717, 1.165) is 0 Å². The van der Waals surface area contributed by atoms with Crippen molar-refractivity contribution in [3.8, 4) is 0 Å². The maximum absolute atomic E-state index is 13.4. The number of hydrogen-bond donors (Lipinski definition) is 3. The minimum absolute atomic E-state index is 0.00473. The van der Waals surface area contributed by atoms with Gasteiger partial charge in [0.15, 0.2) is 0 Å². The van der Waals surface area contributed by atoms with Gasteiger partial charge in [-0.3, -0.25) is 4.79 Å². The van der Waals surface area contributed by atoms with E-state index in [4.69, 9.17) is 23.2 Å². The van der Waals surface area contributed by atoms with E-state index in [1.807, 2.05) is 0 Å². The summed E-state index contributed by atoms with van der Waals surface area (Å²) in [4.78, 5) is 23.9. The first-order valence-electron chi connectivity index (χ1n) is 7.00. The van der Waals surface area contributed by atoms with Gasteiger partial charge < -0.3 is 20.5 Å². The fourth-order valence-electron chi connectivity index (χ4n) is 2.52. The van der Waals surface area contributed by atoms with Crippen LogP contribution in [-0.4, -0.2) is 35.6 Å². The van der Waals surface area contributed by atoms with Crippen molar-refractivity contribution in [3.05, 3.63) is 33.8 Å². The lowest BCUT2D eigenvalue weighted by molar-refractivity contribution is -0.294. The van der Waals surface area contributed by atoms with Crippen LogP contribution in [0.2, 0.25) is 10.0 Å². The fourth-order valence-corrected chi connectivity index (χ4v) is 2.83. The minimum atomic E-state index is -5.34. The number of hydrogen-bond acceptors (Lipinski definition) is 4. The molecule has 0 radical (unpaired) electrons. The van der Waals surface area contributed by atoms with E-state index in [1.165, 1.54) is 30.4 Å². The molecule has 1 fully saturated rings. The highest BCUT2D eigenvalue weighted by atomic mass is 35.5. The molecular weight excluding hydrogens is 388 g/mol. The number of halogens is 5. The van der Waals surface area contributed by atoms with Crippen LogP contribution < -0.4 is 10.6 Å². The number of amides is 2. The smallest absolute Gasteiger partial charge is 0.437 e. The number of urea groups is 1. The lowest BCUT2D eigenvalue weighted by Gasteiger charge is -2.44. The molecule has 0 bridgehead atoms. The molecule has 138 valence electrons. The fraction of sp³-hybridized carbons (Fsp3) is 0.429. The zero-order valence-electron chi connectivity index (χ0n) is 12.7. The molecule has 1 saturated heterocycles. The highest BCUT2D eigenvalue weighted by Gasteiger charge is 2.67. The van der Waals surface area contributed by atoms with Crippen LogP contribution in [0.4, 0.5) is 18.0 Å². The van der Waals surface area contributed by atoms with Crippen molar-refractivity contribution in [3.63, 3.8) is 0 Å². The first kappa shape index (κ1) is 19.6. The first-order chi connectivity index (χ1) is 11.5. The lowest BCUT2D eigenvalue weighted by atomic mass is 9.82. The molecule has 11 heteroatoms. The molecule has 1 aliphatic heterocycles. The second-order valence-electron chi connectivity index (χ2n) is 5.24. The van der Waals surface area contributed by atoms with E-state index >= 15 is 0 Å².